The summed E-state index contributed by atoms with van der Waals surface area (Å²) in [7, 11) is 1.63. The maximum atomic E-state index is 12.5. The first-order valence-corrected chi connectivity index (χ1v) is 8.68. The van der Waals surface area contributed by atoms with E-state index in [-0.39, 0.29) is 5.91 Å². The van der Waals surface area contributed by atoms with Gasteiger partial charge >= 0.3 is 0 Å². The van der Waals surface area contributed by atoms with Crippen LogP contribution in [0.4, 0.5) is 0 Å². The lowest BCUT2D eigenvalue weighted by Crippen LogP contribution is -2.22. The number of para-hydroxylation sites is 1. The number of benzene rings is 3. The number of ether oxygens (including phenoxy) is 1. The molecule has 0 bridgehead atoms. The number of rotatable bonds is 5. The van der Waals surface area contributed by atoms with E-state index in [0.717, 1.165) is 28.0 Å². The molecule has 0 atom stereocenters. The van der Waals surface area contributed by atoms with E-state index >= 15 is 0 Å². The monoisotopic (exact) mass is 357 g/mol. The Labute approximate surface area is 157 Å². The summed E-state index contributed by atoms with van der Waals surface area (Å²) in [5, 5.41) is 2.94. The second kappa shape index (κ2) is 7.33. The summed E-state index contributed by atoms with van der Waals surface area (Å²) in [6, 6.07) is 23.2. The summed E-state index contributed by atoms with van der Waals surface area (Å²) in [5.41, 5.74) is 4.40. The molecule has 0 unspecified atom stereocenters. The number of methoxy groups -OCH3 is 1. The van der Waals surface area contributed by atoms with Crippen LogP contribution in [-0.4, -0.2) is 22.6 Å². The Morgan fingerprint density at radius 3 is 2.56 bits per heavy atom. The molecule has 1 N–H and O–H groups in total. The van der Waals surface area contributed by atoms with E-state index in [1.54, 1.807) is 13.4 Å². The van der Waals surface area contributed by atoms with Crippen molar-refractivity contribution >= 4 is 16.9 Å². The lowest BCUT2D eigenvalue weighted by molar-refractivity contribution is 0.0951. The van der Waals surface area contributed by atoms with Gasteiger partial charge in [0.2, 0.25) is 0 Å². The van der Waals surface area contributed by atoms with Crippen LogP contribution in [0, 0.1) is 0 Å². The summed E-state index contributed by atoms with van der Waals surface area (Å²) in [4.78, 5) is 16.9. The molecule has 27 heavy (non-hydrogen) atoms. The Hall–Kier alpha value is -3.60. The van der Waals surface area contributed by atoms with Crippen LogP contribution in [0.25, 0.3) is 16.7 Å². The quantitative estimate of drug-likeness (QED) is 0.588. The highest BCUT2D eigenvalue weighted by molar-refractivity contribution is 5.97. The molecule has 134 valence electrons. The van der Waals surface area contributed by atoms with Gasteiger partial charge in [-0.1, -0.05) is 30.3 Å². The molecule has 0 saturated carbocycles. The van der Waals surface area contributed by atoms with Gasteiger partial charge in [0.15, 0.2) is 0 Å². The molecule has 5 heteroatoms. The maximum absolute atomic E-state index is 12.5. The normalized spacial score (nSPS) is 10.7. The third-order valence-corrected chi connectivity index (χ3v) is 4.46. The molecular weight excluding hydrogens is 338 g/mol. The summed E-state index contributed by atoms with van der Waals surface area (Å²) in [6.07, 6.45) is 1.78. The summed E-state index contributed by atoms with van der Waals surface area (Å²) < 4.78 is 7.15. The zero-order chi connectivity index (χ0) is 18.6. The largest absolute Gasteiger partial charge is 0.497 e. The maximum Gasteiger partial charge on any atom is 0.251 e. The zero-order valence-corrected chi connectivity index (χ0v) is 14.9. The highest BCUT2D eigenvalue weighted by atomic mass is 16.5. The fraction of sp³-hybridized carbons (Fsp3) is 0.0909. The van der Waals surface area contributed by atoms with Crippen LogP contribution in [0.5, 0.6) is 5.75 Å². The van der Waals surface area contributed by atoms with E-state index < -0.39 is 0 Å². The van der Waals surface area contributed by atoms with E-state index in [4.69, 9.17) is 4.74 Å². The van der Waals surface area contributed by atoms with Gasteiger partial charge in [-0.15, -0.1) is 0 Å². The van der Waals surface area contributed by atoms with Crippen LogP contribution in [0.1, 0.15) is 15.9 Å². The Morgan fingerprint density at radius 1 is 1.04 bits per heavy atom. The number of imidazole rings is 1. The van der Waals surface area contributed by atoms with Crippen molar-refractivity contribution in [3.8, 4) is 11.4 Å². The molecule has 0 aliphatic carbocycles. The molecule has 1 heterocycles. The molecule has 1 amide bonds. The van der Waals surface area contributed by atoms with E-state index in [9.17, 15) is 4.79 Å². The number of hydrogen-bond donors (Lipinski definition) is 1. The average Bonchev–Trinajstić information content (AvgIpc) is 3.16. The lowest BCUT2D eigenvalue weighted by atomic mass is 10.1. The number of fused-ring (bicyclic) bond motifs is 1. The van der Waals surface area contributed by atoms with Crippen molar-refractivity contribution in [2.45, 2.75) is 6.54 Å². The minimum absolute atomic E-state index is 0.123. The van der Waals surface area contributed by atoms with Crippen molar-refractivity contribution in [3.63, 3.8) is 0 Å². The second-order valence-electron chi connectivity index (χ2n) is 6.18. The van der Waals surface area contributed by atoms with E-state index in [1.165, 1.54) is 0 Å². The molecule has 0 aliphatic heterocycles. The first-order chi connectivity index (χ1) is 13.2. The van der Waals surface area contributed by atoms with Crippen molar-refractivity contribution in [1.29, 1.82) is 0 Å². The average molecular weight is 357 g/mol. The number of amides is 1. The summed E-state index contributed by atoms with van der Waals surface area (Å²) in [5.74, 6) is 0.673. The highest BCUT2D eigenvalue weighted by Gasteiger charge is 2.10. The Balaban J connectivity index is 1.51. The first-order valence-electron chi connectivity index (χ1n) is 8.68. The van der Waals surface area contributed by atoms with Gasteiger partial charge < -0.3 is 10.1 Å². The van der Waals surface area contributed by atoms with Gasteiger partial charge in [0, 0.05) is 17.8 Å². The summed E-state index contributed by atoms with van der Waals surface area (Å²) >= 11 is 0. The molecule has 5 nitrogen and oxygen atoms in total. The molecule has 0 spiro atoms. The molecule has 0 aliphatic rings. The van der Waals surface area contributed by atoms with Gasteiger partial charge in [-0.25, -0.2) is 4.98 Å². The third-order valence-electron chi connectivity index (χ3n) is 4.46. The van der Waals surface area contributed by atoms with Gasteiger partial charge in [-0.2, -0.15) is 0 Å². The molecule has 3 aromatic carbocycles. The van der Waals surface area contributed by atoms with Crippen LogP contribution in [0.3, 0.4) is 0 Å². The van der Waals surface area contributed by atoms with Crippen molar-refractivity contribution in [2.24, 2.45) is 0 Å². The number of hydrogen-bond acceptors (Lipinski definition) is 3. The van der Waals surface area contributed by atoms with Crippen LogP contribution in [0.2, 0.25) is 0 Å². The van der Waals surface area contributed by atoms with Gasteiger partial charge in [0.25, 0.3) is 5.91 Å². The first kappa shape index (κ1) is 16.8. The SMILES string of the molecule is COc1ccc(CNC(=O)c2ccc3c(c2)ncn3-c2ccccc2)cc1. The van der Waals surface area contributed by atoms with Crippen molar-refractivity contribution in [3.05, 3.63) is 90.3 Å². The van der Waals surface area contributed by atoms with Crippen molar-refractivity contribution in [2.75, 3.05) is 7.11 Å². The van der Waals surface area contributed by atoms with Crippen molar-refractivity contribution < 1.29 is 9.53 Å². The van der Waals surface area contributed by atoms with Crippen molar-refractivity contribution in [1.82, 2.24) is 14.9 Å². The predicted molar refractivity (Wildman–Crippen MR) is 105 cm³/mol. The molecule has 0 saturated heterocycles. The number of carbonyl (C=O) groups is 1. The fourth-order valence-corrected chi connectivity index (χ4v) is 2.98. The van der Waals surface area contributed by atoms with Gasteiger partial charge in [-0.05, 0) is 48.0 Å². The van der Waals surface area contributed by atoms with Gasteiger partial charge in [0.1, 0.15) is 12.1 Å². The Bertz CT molecular complexity index is 1070. The lowest BCUT2D eigenvalue weighted by Gasteiger charge is -2.07. The molecule has 0 fully saturated rings. The third kappa shape index (κ3) is 3.53. The van der Waals surface area contributed by atoms with Crippen LogP contribution in [0.15, 0.2) is 79.1 Å². The molecule has 4 aromatic rings. The van der Waals surface area contributed by atoms with E-state index in [2.05, 4.69) is 10.3 Å². The molecule has 4 rings (SSSR count). The highest BCUT2D eigenvalue weighted by Crippen LogP contribution is 2.19. The van der Waals surface area contributed by atoms with E-state index in [1.807, 2.05) is 77.4 Å². The van der Waals surface area contributed by atoms with Gasteiger partial charge in [0.05, 0.1) is 18.1 Å². The number of carbonyl (C=O) groups excluding carboxylic acids is 1. The van der Waals surface area contributed by atoms with E-state index in [0.29, 0.717) is 12.1 Å². The number of aromatic nitrogens is 2. The molecule has 1 aromatic heterocycles. The zero-order valence-electron chi connectivity index (χ0n) is 14.9. The molecule has 0 radical (unpaired) electrons. The fourth-order valence-electron chi connectivity index (χ4n) is 2.98. The van der Waals surface area contributed by atoms with Crippen LogP contribution >= 0.6 is 0 Å². The summed E-state index contributed by atoms with van der Waals surface area (Å²) in [6.45, 7) is 0.458. The predicted octanol–water partition coefficient (Wildman–Crippen LogP) is 3.96. The number of nitrogens with zero attached hydrogens (tertiary/aromatic N) is 2. The standard InChI is InChI=1S/C22H19N3O2/c1-27-19-10-7-16(8-11-19)14-23-22(26)17-9-12-21-20(13-17)24-15-25(21)18-5-3-2-4-6-18/h2-13,15H,14H2,1H3,(H,23,26). The second-order valence-corrected chi connectivity index (χ2v) is 6.18. The van der Waals surface area contributed by atoms with Gasteiger partial charge in [-0.3, -0.25) is 9.36 Å². The topological polar surface area (TPSA) is 56.1 Å². The minimum atomic E-state index is -0.123. The number of nitrogens with one attached hydrogen (secondary N) is 1. The van der Waals surface area contributed by atoms with Crippen LogP contribution in [-0.2, 0) is 6.54 Å². The smallest absolute Gasteiger partial charge is 0.251 e. The Morgan fingerprint density at radius 2 is 1.81 bits per heavy atom. The van der Waals surface area contributed by atoms with Crippen LogP contribution < -0.4 is 10.1 Å². The Kier molecular flexibility index (Phi) is 4.58. The molecular formula is C22H19N3O2. The minimum Gasteiger partial charge on any atom is -0.497 e.